The van der Waals surface area contributed by atoms with Crippen LogP contribution in [0.5, 0.6) is 0 Å². The summed E-state index contributed by atoms with van der Waals surface area (Å²) in [5.41, 5.74) is 3.72. The molecular formula is C22H28N2O. The average molecular weight is 336 g/mol. The van der Waals surface area contributed by atoms with Crippen molar-refractivity contribution in [2.75, 3.05) is 18.0 Å². The number of nitrogens with one attached hydrogen (secondary N) is 1. The molecule has 0 fully saturated rings. The maximum atomic E-state index is 12.7. The molecule has 0 radical (unpaired) electrons. The fourth-order valence-electron chi connectivity index (χ4n) is 3.68. The number of rotatable bonds is 5. The van der Waals surface area contributed by atoms with Gasteiger partial charge in [0.25, 0.3) is 0 Å². The second kappa shape index (κ2) is 8.70. The molecule has 2 amide bonds. The van der Waals surface area contributed by atoms with Crippen molar-refractivity contribution in [3.63, 3.8) is 0 Å². The number of nitrogens with zero attached hydrogens (tertiary/aromatic N) is 1. The zero-order valence-corrected chi connectivity index (χ0v) is 15.1. The summed E-state index contributed by atoms with van der Waals surface area (Å²) in [5, 5.41) is 3.14. The third kappa shape index (κ3) is 4.41. The molecule has 3 rings (SSSR count). The van der Waals surface area contributed by atoms with E-state index in [9.17, 15) is 4.79 Å². The summed E-state index contributed by atoms with van der Waals surface area (Å²) in [6.45, 7) is 3.73. The van der Waals surface area contributed by atoms with E-state index in [-0.39, 0.29) is 6.03 Å². The number of carbonyl (C=O) groups excluding carboxylic acids is 1. The van der Waals surface area contributed by atoms with Crippen LogP contribution in [-0.2, 0) is 6.42 Å². The van der Waals surface area contributed by atoms with Crippen molar-refractivity contribution in [1.29, 1.82) is 0 Å². The van der Waals surface area contributed by atoms with Crippen LogP contribution in [0, 0.1) is 0 Å². The lowest BCUT2D eigenvalue weighted by atomic mass is 9.93. The average Bonchev–Trinajstić information content (AvgIpc) is 2.88. The lowest BCUT2D eigenvalue weighted by molar-refractivity contribution is 0.246. The van der Waals surface area contributed by atoms with Gasteiger partial charge in [-0.1, -0.05) is 55.5 Å². The molecule has 0 saturated heterocycles. The number of aryl methyl sites for hydroxylation is 1. The number of hydrogen-bond donors (Lipinski definition) is 1. The Bertz CT molecular complexity index is 683. The Balaban J connectivity index is 1.59. The first-order chi connectivity index (χ1) is 12.3. The van der Waals surface area contributed by atoms with Crippen LogP contribution in [0.3, 0.4) is 0 Å². The number of fused-ring (bicyclic) bond motifs is 1. The minimum atomic E-state index is 0.0391. The van der Waals surface area contributed by atoms with Gasteiger partial charge < -0.3 is 5.32 Å². The van der Waals surface area contributed by atoms with Gasteiger partial charge in [-0.15, -0.1) is 0 Å². The molecule has 0 aromatic heterocycles. The SMILES string of the molecule is CCC(CCNC(=O)N1CCCCc2ccccc21)c1ccccc1. The van der Waals surface area contributed by atoms with Crippen molar-refractivity contribution in [3.8, 4) is 0 Å². The van der Waals surface area contributed by atoms with Gasteiger partial charge in [-0.3, -0.25) is 4.90 Å². The molecule has 132 valence electrons. The number of amides is 2. The van der Waals surface area contributed by atoms with Gasteiger partial charge in [-0.25, -0.2) is 4.79 Å². The highest BCUT2D eigenvalue weighted by atomic mass is 16.2. The molecule has 1 heterocycles. The van der Waals surface area contributed by atoms with Crippen molar-refractivity contribution in [1.82, 2.24) is 5.32 Å². The van der Waals surface area contributed by atoms with E-state index in [4.69, 9.17) is 0 Å². The van der Waals surface area contributed by atoms with Crippen LogP contribution in [0.25, 0.3) is 0 Å². The predicted octanol–water partition coefficient (Wildman–Crippen LogP) is 5.12. The fraction of sp³-hybridized carbons (Fsp3) is 0.409. The number of anilines is 1. The Hall–Kier alpha value is -2.29. The summed E-state index contributed by atoms with van der Waals surface area (Å²) in [7, 11) is 0. The summed E-state index contributed by atoms with van der Waals surface area (Å²) in [6, 6.07) is 18.9. The summed E-state index contributed by atoms with van der Waals surface area (Å²) in [5.74, 6) is 0.498. The Morgan fingerprint density at radius 2 is 1.84 bits per heavy atom. The number of hydrogen-bond acceptors (Lipinski definition) is 1. The third-order valence-electron chi connectivity index (χ3n) is 5.14. The van der Waals surface area contributed by atoms with Crippen LogP contribution in [0.15, 0.2) is 54.6 Å². The van der Waals surface area contributed by atoms with Crippen LogP contribution in [0.4, 0.5) is 10.5 Å². The predicted molar refractivity (Wildman–Crippen MR) is 104 cm³/mol. The molecule has 0 saturated carbocycles. The van der Waals surface area contributed by atoms with Gasteiger partial charge >= 0.3 is 6.03 Å². The summed E-state index contributed by atoms with van der Waals surface area (Å²) in [6.07, 6.45) is 5.33. The monoisotopic (exact) mass is 336 g/mol. The molecule has 1 atom stereocenters. The van der Waals surface area contributed by atoms with E-state index in [1.165, 1.54) is 11.1 Å². The topological polar surface area (TPSA) is 32.3 Å². The number of urea groups is 1. The Labute approximate surface area is 151 Å². The van der Waals surface area contributed by atoms with Gasteiger partial charge in [0, 0.05) is 18.8 Å². The van der Waals surface area contributed by atoms with Crippen molar-refractivity contribution >= 4 is 11.7 Å². The number of carbonyl (C=O) groups is 1. The lowest BCUT2D eigenvalue weighted by Gasteiger charge is -2.24. The molecule has 3 heteroatoms. The molecule has 1 unspecified atom stereocenters. The van der Waals surface area contributed by atoms with Crippen molar-refractivity contribution in [3.05, 3.63) is 65.7 Å². The molecule has 0 aliphatic carbocycles. The smallest absolute Gasteiger partial charge is 0.321 e. The zero-order valence-electron chi connectivity index (χ0n) is 15.1. The zero-order chi connectivity index (χ0) is 17.5. The van der Waals surface area contributed by atoms with E-state index in [0.717, 1.165) is 44.3 Å². The van der Waals surface area contributed by atoms with Crippen LogP contribution in [0.1, 0.15) is 49.7 Å². The van der Waals surface area contributed by atoms with Crippen LogP contribution in [-0.4, -0.2) is 19.1 Å². The first-order valence-electron chi connectivity index (χ1n) is 9.47. The van der Waals surface area contributed by atoms with Crippen LogP contribution < -0.4 is 10.2 Å². The molecule has 2 aromatic carbocycles. The maximum Gasteiger partial charge on any atom is 0.321 e. The molecule has 0 spiro atoms. The molecule has 1 N–H and O–H groups in total. The normalized spacial score (nSPS) is 15.2. The summed E-state index contributed by atoms with van der Waals surface area (Å²) >= 11 is 0. The maximum absolute atomic E-state index is 12.7. The molecular weight excluding hydrogens is 308 g/mol. The Morgan fingerprint density at radius 1 is 1.08 bits per heavy atom. The highest BCUT2D eigenvalue weighted by Crippen LogP contribution is 2.26. The largest absolute Gasteiger partial charge is 0.338 e. The molecule has 0 bridgehead atoms. The molecule has 3 nitrogen and oxygen atoms in total. The fourth-order valence-corrected chi connectivity index (χ4v) is 3.68. The second-order valence-electron chi connectivity index (χ2n) is 6.77. The van der Waals surface area contributed by atoms with Gasteiger partial charge in [-0.2, -0.15) is 0 Å². The van der Waals surface area contributed by atoms with Gasteiger partial charge in [0.2, 0.25) is 0 Å². The van der Waals surface area contributed by atoms with E-state index < -0.39 is 0 Å². The van der Waals surface area contributed by atoms with Crippen molar-refractivity contribution in [2.24, 2.45) is 0 Å². The Morgan fingerprint density at radius 3 is 2.64 bits per heavy atom. The number of benzene rings is 2. The van der Waals surface area contributed by atoms with E-state index >= 15 is 0 Å². The minimum Gasteiger partial charge on any atom is -0.338 e. The van der Waals surface area contributed by atoms with E-state index in [1.807, 2.05) is 11.0 Å². The van der Waals surface area contributed by atoms with Crippen LogP contribution >= 0.6 is 0 Å². The summed E-state index contributed by atoms with van der Waals surface area (Å²) < 4.78 is 0. The third-order valence-corrected chi connectivity index (χ3v) is 5.14. The van der Waals surface area contributed by atoms with Crippen molar-refractivity contribution in [2.45, 2.75) is 44.9 Å². The first kappa shape index (κ1) is 17.5. The molecule has 2 aromatic rings. The number of para-hydroxylation sites is 1. The highest BCUT2D eigenvalue weighted by Gasteiger charge is 2.20. The van der Waals surface area contributed by atoms with Crippen LogP contribution in [0.2, 0.25) is 0 Å². The standard InChI is InChI=1S/C22H28N2O/c1-2-18(19-10-4-3-5-11-19)15-16-23-22(25)24-17-9-8-13-20-12-6-7-14-21(20)24/h3-7,10-12,14,18H,2,8-9,13,15-17H2,1H3,(H,23,25). The van der Waals surface area contributed by atoms with E-state index in [2.05, 4.69) is 60.8 Å². The van der Waals surface area contributed by atoms with Gasteiger partial charge in [0.05, 0.1) is 0 Å². The Kier molecular flexibility index (Phi) is 6.10. The van der Waals surface area contributed by atoms with Crippen molar-refractivity contribution < 1.29 is 4.79 Å². The summed E-state index contributed by atoms with van der Waals surface area (Å²) in [4.78, 5) is 14.7. The van der Waals surface area contributed by atoms with Gasteiger partial charge in [0.15, 0.2) is 0 Å². The second-order valence-corrected chi connectivity index (χ2v) is 6.77. The van der Waals surface area contributed by atoms with E-state index in [1.54, 1.807) is 0 Å². The first-order valence-corrected chi connectivity index (χ1v) is 9.47. The molecule has 1 aliphatic rings. The quantitative estimate of drug-likeness (QED) is 0.807. The molecule has 1 aliphatic heterocycles. The van der Waals surface area contributed by atoms with E-state index in [0.29, 0.717) is 12.5 Å². The highest BCUT2D eigenvalue weighted by molar-refractivity contribution is 5.92. The molecule has 25 heavy (non-hydrogen) atoms. The van der Waals surface area contributed by atoms with Gasteiger partial charge in [0.1, 0.15) is 0 Å². The minimum absolute atomic E-state index is 0.0391. The lowest BCUT2D eigenvalue weighted by Crippen LogP contribution is -2.41. The van der Waals surface area contributed by atoms with Gasteiger partial charge in [-0.05, 0) is 55.2 Å².